The van der Waals surface area contributed by atoms with E-state index in [1.54, 1.807) is 18.3 Å². The van der Waals surface area contributed by atoms with E-state index in [-0.39, 0.29) is 16.8 Å². The molecule has 29 heavy (non-hydrogen) atoms. The smallest absolute Gasteiger partial charge is 0.234 e. The van der Waals surface area contributed by atoms with Crippen molar-refractivity contribution < 1.29 is 14.3 Å². The highest BCUT2D eigenvalue weighted by atomic mass is 35.5. The Hall–Kier alpha value is -2.71. The Balaban J connectivity index is 1.48. The van der Waals surface area contributed by atoms with Gasteiger partial charge in [-0.25, -0.2) is 9.97 Å². The number of aromatic nitrogens is 3. The van der Waals surface area contributed by atoms with Gasteiger partial charge in [0.05, 0.1) is 23.3 Å². The molecule has 0 atom stereocenters. The predicted molar refractivity (Wildman–Crippen MR) is 113 cm³/mol. The summed E-state index contributed by atoms with van der Waals surface area (Å²) in [7, 11) is 0. The Morgan fingerprint density at radius 3 is 2.86 bits per heavy atom. The molecule has 0 saturated carbocycles. The quantitative estimate of drug-likeness (QED) is 0.468. The highest BCUT2D eigenvalue weighted by molar-refractivity contribution is 7.99. The lowest BCUT2D eigenvalue weighted by Gasteiger charge is -2.19. The summed E-state index contributed by atoms with van der Waals surface area (Å²) >= 11 is 7.36. The van der Waals surface area contributed by atoms with Crippen LogP contribution in [0.3, 0.4) is 0 Å². The zero-order valence-electron chi connectivity index (χ0n) is 15.7. The van der Waals surface area contributed by atoms with E-state index < -0.39 is 0 Å². The molecule has 9 heteroatoms. The minimum Gasteiger partial charge on any atom is -0.486 e. The summed E-state index contributed by atoms with van der Waals surface area (Å²) in [5.74, 6) is 1.53. The van der Waals surface area contributed by atoms with Crippen LogP contribution in [0.5, 0.6) is 11.5 Å². The molecule has 3 aromatic rings. The summed E-state index contributed by atoms with van der Waals surface area (Å²) in [4.78, 5) is 20.8. The zero-order chi connectivity index (χ0) is 20.2. The van der Waals surface area contributed by atoms with Gasteiger partial charge in [-0.15, -0.1) is 0 Å². The molecule has 0 radical (unpaired) electrons. The predicted octanol–water partition coefficient (Wildman–Crippen LogP) is 4.12. The number of nitrogens with zero attached hydrogens (tertiary/aromatic N) is 3. The first-order valence-corrected chi connectivity index (χ1v) is 10.5. The standard InChI is InChI=1S/C20H19ClN4O3S/c1-2-25-15(13-5-6-16-17(10-13)28-9-8-27-16)11-23-20(25)29-12-18(26)24-14-4-3-7-22-19(14)21/h3-7,10-11H,2,8-9,12H2,1H3,(H,24,26). The molecular weight excluding hydrogens is 412 g/mol. The fourth-order valence-corrected chi connectivity index (χ4v) is 4.02. The van der Waals surface area contributed by atoms with Crippen LogP contribution in [0, 0.1) is 0 Å². The van der Waals surface area contributed by atoms with Crippen molar-refractivity contribution in [3.05, 3.63) is 47.9 Å². The van der Waals surface area contributed by atoms with E-state index in [4.69, 9.17) is 21.1 Å². The Morgan fingerprint density at radius 1 is 1.24 bits per heavy atom. The Morgan fingerprint density at radius 2 is 2.07 bits per heavy atom. The second-order valence-corrected chi connectivity index (χ2v) is 7.51. The lowest BCUT2D eigenvalue weighted by atomic mass is 10.1. The van der Waals surface area contributed by atoms with Gasteiger partial charge < -0.3 is 19.4 Å². The molecule has 1 aliphatic heterocycles. The normalized spacial score (nSPS) is 12.6. The number of nitrogens with one attached hydrogen (secondary N) is 1. The second-order valence-electron chi connectivity index (χ2n) is 6.21. The van der Waals surface area contributed by atoms with Crippen LogP contribution in [0.25, 0.3) is 11.3 Å². The van der Waals surface area contributed by atoms with Crippen LogP contribution in [-0.2, 0) is 11.3 Å². The molecule has 2 aromatic heterocycles. The van der Waals surface area contributed by atoms with E-state index in [1.807, 2.05) is 31.3 Å². The number of fused-ring (bicyclic) bond motifs is 1. The Kier molecular flexibility index (Phi) is 5.92. The lowest BCUT2D eigenvalue weighted by molar-refractivity contribution is -0.113. The van der Waals surface area contributed by atoms with Gasteiger partial charge >= 0.3 is 0 Å². The van der Waals surface area contributed by atoms with Crippen molar-refractivity contribution in [3.8, 4) is 22.8 Å². The first-order chi connectivity index (χ1) is 14.2. The van der Waals surface area contributed by atoms with Gasteiger partial charge in [0.2, 0.25) is 5.91 Å². The lowest BCUT2D eigenvalue weighted by Crippen LogP contribution is -2.15. The van der Waals surface area contributed by atoms with E-state index >= 15 is 0 Å². The maximum absolute atomic E-state index is 12.3. The largest absolute Gasteiger partial charge is 0.486 e. The first kappa shape index (κ1) is 19.6. The molecule has 3 heterocycles. The van der Waals surface area contributed by atoms with E-state index in [0.29, 0.717) is 18.9 Å². The molecular formula is C20H19ClN4O3S. The maximum atomic E-state index is 12.3. The molecule has 4 rings (SSSR count). The minimum absolute atomic E-state index is 0.170. The Bertz CT molecular complexity index is 1040. The van der Waals surface area contributed by atoms with E-state index in [1.165, 1.54) is 11.8 Å². The summed E-state index contributed by atoms with van der Waals surface area (Å²) in [6.45, 7) is 3.87. The van der Waals surface area contributed by atoms with Gasteiger partial charge in [-0.2, -0.15) is 0 Å². The molecule has 1 aliphatic rings. The number of amides is 1. The Labute approximate surface area is 177 Å². The van der Waals surface area contributed by atoms with Crippen LogP contribution in [0.15, 0.2) is 47.9 Å². The highest BCUT2D eigenvalue weighted by Crippen LogP contribution is 2.35. The second kappa shape index (κ2) is 8.75. The number of ether oxygens (including phenoxy) is 2. The number of hydrogen-bond donors (Lipinski definition) is 1. The van der Waals surface area contributed by atoms with Gasteiger partial charge in [-0.1, -0.05) is 23.4 Å². The number of carbonyl (C=O) groups excluding carboxylic acids is 1. The fraction of sp³-hybridized carbons (Fsp3) is 0.250. The molecule has 0 bridgehead atoms. The van der Waals surface area contributed by atoms with Gasteiger partial charge in [-0.3, -0.25) is 4.79 Å². The molecule has 0 spiro atoms. The van der Waals surface area contributed by atoms with Crippen LogP contribution < -0.4 is 14.8 Å². The number of rotatable bonds is 6. The SMILES string of the molecule is CCn1c(-c2ccc3c(c2)OCCO3)cnc1SCC(=O)Nc1cccnc1Cl. The molecule has 0 fully saturated rings. The number of carbonyl (C=O) groups is 1. The van der Waals surface area contributed by atoms with Gasteiger partial charge in [0.25, 0.3) is 0 Å². The van der Waals surface area contributed by atoms with Crippen molar-refractivity contribution in [2.24, 2.45) is 0 Å². The van der Waals surface area contributed by atoms with Crippen molar-refractivity contribution in [1.29, 1.82) is 0 Å². The third kappa shape index (κ3) is 4.33. The average Bonchev–Trinajstić information content (AvgIpc) is 3.16. The molecule has 1 amide bonds. The van der Waals surface area contributed by atoms with E-state index in [0.717, 1.165) is 34.5 Å². The number of benzene rings is 1. The minimum atomic E-state index is -0.170. The van der Waals surface area contributed by atoms with Crippen molar-refractivity contribution in [2.75, 3.05) is 24.3 Å². The molecule has 0 saturated heterocycles. The van der Waals surface area contributed by atoms with Crippen molar-refractivity contribution in [2.45, 2.75) is 18.6 Å². The summed E-state index contributed by atoms with van der Waals surface area (Å²) in [5.41, 5.74) is 2.44. The van der Waals surface area contributed by atoms with Gasteiger partial charge in [-0.05, 0) is 37.3 Å². The van der Waals surface area contributed by atoms with Crippen LogP contribution in [0.2, 0.25) is 5.15 Å². The molecule has 0 aliphatic carbocycles. The van der Waals surface area contributed by atoms with Gasteiger partial charge in [0, 0.05) is 18.3 Å². The van der Waals surface area contributed by atoms with Crippen molar-refractivity contribution in [3.63, 3.8) is 0 Å². The molecule has 0 unspecified atom stereocenters. The number of pyridine rings is 1. The summed E-state index contributed by atoms with van der Waals surface area (Å²) in [5, 5.41) is 3.80. The first-order valence-electron chi connectivity index (χ1n) is 9.14. The number of hydrogen-bond acceptors (Lipinski definition) is 6. The van der Waals surface area contributed by atoms with Crippen LogP contribution >= 0.6 is 23.4 Å². The highest BCUT2D eigenvalue weighted by Gasteiger charge is 2.17. The van der Waals surface area contributed by atoms with Crippen LogP contribution in [0.4, 0.5) is 5.69 Å². The summed E-state index contributed by atoms with van der Waals surface area (Å²) in [6, 6.07) is 9.29. The van der Waals surface area contributed by atoms with Crippen LogP contribution in [-0.4, -0.2) is 39.4 Å². The average molecular weight is 431 g/mol. The molecule has 1 aromatic carbocycles. The number of anilines is 1. The number of thioether (sulfide) groups is 1. The molecule has 150 valence electrons. The fourth-order valence-electron chi connectivity index (χ4n) is 3.01. The van der Waals surface area contributed by atoms with E-state index in [9.17, 15) is 4.79 Å². The summed E-state index contributed by atoms with van der Waals surface area (Å²) < 4.78 is 13.3. The van der Waals surface area contributed by atoms with Crippen LogP contribution in [0.1, 0.15) is 6.92 Å². The summed E-state index contributed by atoms with van der Waals surface area (Å²) in [6.07, 6.45) is 3.39. The number of imidazole rings is 1. The third-order valence-electron chi connectivity index (χ3n) is 4.34. The molecule has 1 N–H and O–H groups in total. The van der Waals surface area contributed by atoms with Gasteiger partial charge in [0.1, 0.15) is 13.2 Å². The van der Waals surface area contributed by atoms with Crippen molar-refractivity contribution in [1.82, 2.24) is 14.5 Å². The van der Waals surface area contributed by atoms with Gasteiger partial charge in [0.15, 0.2) is 21.8 Å². The van der Waals surface area contributed by atoms with E-state index in [2.05, 4.69) is 19.9 Å². The monoisotopic (exact) mass is 430 g/mol. The van der Waals surface area contributed by atoms with Crippen molar-refractivity contribution >= 4 is 35.0 Å². The topological polar surface area (TPSA) is 78.3 Å². The third-order valence-corrected chi connectivity index (χ3v) is 5.63. The number of halogens is 1. The molecule has 7 nitrogen and oxygen atoms in total. The zero-order valence-corrected chi connectivity index (χ0v) is 17.3. The maximum Gasteiger partial charge on any atom is 0.234 e.